The van der Waals surface area contributed by atoms with Crippen LogP contribution < -0.4 is 5.32 Å². The van der Waals surface area contributed by atoms with Crippen LogP contribution in [-0.2, 0) is 16.0 Å². The zero-order valence-electron chi connectivity index (χ0n) is 11.3. The van der Waals surface area contributed by atoms with Gasteiger partial charge < -0.3 is 15.0 Å². The highest BCUT2D eigenvalue weighted by atomic mass is 35.5. The van der Waals surface area contributed by atoms with Crippen LogP contribution in [-0.4, -0.2) is 48.1 Å². The third-order valence-corrected chi connectivity index (χ3v) is 3.85. The molecule has 1 unspecified atom stereocenters. The Hall–Kier alpha value is -1.59. The van der Waals surface area contributed by atoms with Crippen molar-refractivity contribution in [2.45, 2.75) is 12.0 Å². The van der Waals surface area contributed by atoms with Gasteiger partial charge in [-0.3, -0.25) is 9.78 Å². The van der Waals surface area contributed by atoms with Crippen molar-refractivity contribution in [2.75, 3.05) is 26.7 Å². The summed E-state index contributed by atoms with van der Waals surface area (Å²) in [5.74, 6) is 0.768. The molecule has 3 heterocycles. The number of halogens is 1. The summed E-state index contributed by atoms with van der Waals surface area (Å²) in [6.45, 7) is 2.23. The number of amides is 1. The lowest BCUT2D eigenvalue weighted by atomic mass is 9.89. The number of hydrogen-bond acceptors (Lipinski definition) is 4. The zero-order chi connectivity index (χ0) is 13.3. The minimum Gasteiger partial charge on any atom is -0.498 e. The van der Waals surface area contributed by atoms with Crippen LogP contribution in [0.25, 0.3) is 0 Å². The second-order valence-corrected chi connectivity index (χ2v) is 4.91. The number of ether oxygens (including phenoxy) is 1. The molecule has 20 heavy (non-hydrogen) atoms. The smallest absolute Gasteiger partial charge is 0.250 e. The molecule has 6 heteroatoms. The molecule has 2 aliphatic rings. The Kier molecular flexibility index (Phi) is 4.30. The SMILES string of the molecule is COC1=CC(=O)N2CCNCC12Cc1ccccn1.Cl. The Bertz CT molecular complexity index is 520. The highest BCUT2D eigenvalue weighted by molar-refractivity contribution is 5.92. The fraction of sp³-hybridized carbons (Fsp3) is 0.429. The van der Waals surface area contributed by atoms with Gasteiger partial charge in [0.1, 0.15) is 11.3 Å². The first-order valence-corrected chi connectivity index (χ1v) is 6.45. The summed E-state index contributed by atoms with van der Waals surface area (Å²) in [4.78, 5) is 18.4. The maximum atomic E-state index is 12.1. The lowest BCUT2D eigenvalue weighted by Crippen LogP contribution is -2.62. The summed E-state index contributed by atoms with van der Waals surface area (Å²) in [5.41, 5.74) is 0.548. The molecule has 0 aliphatic carbocycles. The van der Waals surface area contributed by atoms with E-state index in [2.05, 4.69) is 10.3 Å². The number of carbonyl (C=O) groups excluding carboxylic acids is 1. The van der Waals surface area contributed by atoms with Crippen molar-refractivity contribution in [3.05, 3.63) is 41.9 Å². The van der Waals surface area contributed by atoms with E-state index in [1.807, 2.05) is 23.1 Å². The van der Waals surface area contributed by atoms with E-state index >= 15 is 0 Å². The monoisotopic (exact) mass is 295 g/mol. The lowest BCUT2D eigenvalue weighted by Gasteiger charge is -2.43. The van der Waals surface area contributed by atoms with Crippen LogP contribution >= 0.6 is 12.4 Å². The van der Waals surface area contributed by atoms with Gasteiger partial charge in [-0.05, 0) is 12.1 Å². The first kappa shape index (κ1) is 14.8. The molecule has 1 fully saturated rings. The van der Waals surface area contributed by atoms with Crippen LogP contribution in [0.4, 0.5) is 0 Å². The molecular formula is C14H18ClN3O2. The van der Waals surface area contributed by atoms with Gasteiger partial charge in [0.2, 0.25) is 0 Å². The van der Waals surface area contributed by atoms with E-state index in [9.17, 15) is 4.79 Å². The van der Waals surface area contributed by atoms with Crippen molar-refractivity contribution in [3.8, 4) is 0 Å². The van der Waals surface area contributed by atoms with Gasteiger partial charge in [-0.15, -0.1) is 12.4 Å². The van der Waals surface area contributed by atoms with Gasteiger partial charge in [-0.2, -0.15) is 0 Å². The highest BCUT2D eigenvalue weighted by Crippen LogP contribution is 2.35. The van der Waals surface area contributed by atoms with Crippen molar-refractivity contribution >= 4 is 18.3 Å². The van der Waals surface area contributed by atoms with E-state index in [1.165, 1.54) is 0 Å². The fourth-order valence-electron chi connectivity index (χ4n) is 2.96. The van der Waals surface area contributed by atoms with Crippen molar-refractivity contribution in [2.24, 2.45) is 0 Å². The quantitative estimate of drug-likeness (QED) is 0.894. The zero-order valence-corrected chi connectivity index (χ0v) is 12.2. The maximum absolute atomic E-state index is 12.1. The molecular weight excluding hydrogens is 278 g/mol. The number of nitrogens with one attached hydrogen (secondary N) is 1. The topological polar surface area (TPSA) is 54.5 Å². The molecule has 0 radical (unpaired) electrons. The van der Waals surface area contributed by atoms with E-state index in [1.54, 1.807) is 19.4 Å². The van der Waals surface area contributed by atoms with Crippen LogP contribution in [0.15, 0.2) is 36.2 Å². The van der Waals surface area contributed by atoms with E-state index in [0.717, 1.165) is 18.0 Å². The Morgan fingerprint density at radius 2 is 2.35 bits per heavy atom. The summed E-state index contributed by atoms with van der Waals surface area (Å²) in [5, 5.41) is 3.36. The molecule has 1 aromatic heterocycles. The lowest BCUT2D eigenvalue weighted by molar-refractivity contribution is -0.130. The van der Waals surface area contributed by atoms with E-state index in [0.29, 0.717) is 19.5 Å². The summed E-state index contributed by atoms with van der Waals surface area (Å²) in [6.07, 6.45) is 4.06. The van der Waals surface area contributed by atoms with Crippen molar-refractivity contribution in [1.82, 2.24) is 15.2 Å². The first-order chi connectivity index (χ1) is 9.26. The average molecular weight is 296 g/mol. The Balaban J connectivity index is 0.00000147. The van der Waals surface area contributed by atoms with E-state index < -0.39 is 5.54 Å². The number of fused-ring (bicyclic) bond motifs is 1. The Labute approximate surface area is 124 Å². The molecule has 0 bridgehead atoms. The molecule has 1 saturated heterocycles. The number of methoxy groups -OCH3 is 1. The van der Waals surface area contributed by atoms with Gasteiger partial charge in [0.15, 0.2) is 0 Å². The average Bonchev–Trinajstić information content (AvgIpc) is 2.73. The minimum absolute atomic E-state index is 0. The van der Waals surface area contributed by atoms with Crippen LogP contribution in [0.5, 0.6) is 0 Å². The maximum Gasteiger partial charge on any atom is 0.250 e. The van der Waals surface area contributed by atoms with Gasteiger partial charge in [-0.1, -0.05) is 6.07 Å². The van der Waals surface area contributed by atoms with Crippen LogP contribution in [0.2, 0.25) is 0 Å². The standard InChI is InChI=1S/C14H17N3O2.ClH/c1-19-12-8-13(18)17-7-6-15-10-14(12,17)9-11-4-2-3-5-16-11;/h2-5,8,15H,6-7,9-10H2,1H3;1H. The van der Waals surface area contributed by atoms with Crippen molar-refractivity contribution in [3.63, 3.8) is 0 Å². The molecule has 0 spiro atoms. The Morgan fingerprint density at radius 3 is 3.05 bits per heavy atom. The number of rotatable bonds is 3. The van der Waals surface area contributed by atoms with Gasteiger partial charge in [0.25, 0.3) is 5.91 Å². The number of aromatic nitrogens is 1. The third kappa shape index (κ3) is 2.27. The number of hydrogen-bond donors (Lipinski definition) is 1. The summed E-state index contributed by atoms with van der Waals surface area (Å²) in [7, 11) is 1.62. The van der Waals surface area contributed by atoms with E-state index in [4.69, 9.17) is 4.74 Å². The van der Waals surface area contributed by atoms with Gasteiger partial charge in [0, 0.05) is 44.0 Å². The molecule has 0 aromatic carbocycles. The highest BCUT2D eigenvalue weighted by Gasteiger charge is 2.50. The van der Waals surface area contributed by atoms with Crippen LogP contribution in [0.3, 0.4) is 0 Å². The summed E-state index contributed by atoms with van der Waals surface area (Å²) in [6, 6.07) is 5.84. The summed E-state index contributed by atoms with van der Waals surface area (Å²) < 4.78 is 5.46. The number of carbonyl (C=O) groups is 1. The number of nitrogens with zero attached hydrogens (tertiary/aromatic N) is 2. The van der Waals surface area contributed by atoms with Gasteiger partial charge in [0.05, 0.1) is 7.11 Å². The molecule has 1 atom stereocenters. The predicted octanol–water partition coefficient (Wildman–Crippen LogP) is 0.760. The molecule has 0 saturated carbocycles. The summed E-state index contributed by atoms with van der Waals surface area (Å²) >= 11 is 0. The molecule has 3 rings (SSSR count). The second kappa shape index (κ2) is 5.81. The fourth-order valence-corrected chi connectivity index (χ4v) is 2.96. The molecule has 1 N–H and O–H groups in total. The minimum atomic E-state index is -0.418. The largest absolute Gasteiger partial charge is 0.498 e. The second-order valence-electron chi connectivity index (χ2n) is 4.91. The van der Waals surface area contributed by atoms with Crippen molar-refractivity contribution in [1.29, 1.82) is 0 Å². The van der Waals surface area contributed by atoms with Crippen LogP contribution in [0.1, 0.15) is 5.69 Å². The van der Waals surface area contributed by atoms with Gasteiger partial charge in [-0.25, -0.2) is 0 Å². The van der Waals surface area contributed by atoms with Crippen LogP contribution in [0, 0.1) is 0 Å². The molecule has 1 aromatic rings. The number of piperazine rings is 1. The normalized spacial score (nSPS) is 24.8. The van der Waals surface area contributed by atoms with E-state index in [-0.39, 0.29) is 18.3 Å². The molecule has 1 amide bonds. The molecule has 2 aliphatic heterocycles. The first-order valence-electron chi connectivity index (χ1n) is 6.45. The molecule has 5 nitrogen and oxygen atoms in total. The van der Waals surface area contributed by atoms with Crippen molar-refractivity contribution < 1.29 is 9.53 Å². The Morgan fingerprint density at radius 1 is 1.50 bits per heavy atom. The predicted molar refractivity (Wildman–Crippen MR) is 77.6 cm³/mol. The molecule has 108 valence electrons. The third-order valence-electron chi connectivity index (χ3n) is 3.85. The van der Waals surface area contributed by atoms with Gasteiger partial charge >= 0.3 is 0 Å². The number of pyridine rings is 1.